The molecule has 27 heavy (non-hydrogen) atoms. The number of rotatable bonds is 8. The Balaban J connectivity index is 0. The summed E-state index contributed by atoms with van der Waals surface area (Å²) >= 11 is 0. The van der Waals surface area contributed by atoms with Crippen molar-refractivity contribution in [2.45, 2.75) is 60.6 Å². The molecule has 0 bridgehead atoms. The van der Waals surface area contributed by atoms with E-state index in [1.165, 1.54) is 0 Å². The fraction of sp³-hybridized carbons (Fsp3) is 0.619. The van der Waals surface area contributed by atoms with Crippen molar-refractivity contribution >= 4 is 24.3 Å². The van der Waals surface area contributed by atoms with Gasteiger partial charge in [-0.1, -0.05) is 58.0 Å². The molecule has 0 aliphatic carbocycles. The quantitative estimate of drug-likeness (QED) is 0.668. The normalized spacial score (nSPS) is 11.1. The summed E-state index contributed by atoms with van der Waals surface area (Å²) in [6.45, 7) is 13.9. The first-order valence-electron chi connectivity index (χ1n) is 9.46. The number of carbonyl (C=O) groups excluding carboxylic acids is 2. The topological polar surface area (TPSA) is 72.6 Å². The lowest BCUT2D eigenvalue weighted by atomic mass is 10.1. The van der Waals surface area contributed by atoms with Crippen LogP contribution in [0.5, 0.6) is 0 Å². The number of nitrogens with zero attached hydrogens (tertiary/aromatic N) is 1. The van der Waals surface area contributed by atoms with Gasteiger partial charge in [0.2, 0.25) is 5.91 Å². The van der Waals surface area contributed by atoms with Crippen molar-refractivity contribution in [1.29, 1.82) is 0 Å². The molecule has 1 aromatic rings. The van der Waals surface area contributed by atoms with E-state index in [0.29, 0.717) is 18.9 Å². The molecule has 0 aliphatic rings. The van der Waals surface area contributed by atoms with Gasteiger partial charge in [0.05, 0.1) is 0 Å². The summed E-state index contributed by atoms with van der Waals surface area (Å²) in [5, 5.41) is 0. The van der Waals surface area contributed by atoms with E-state index in [-0.39, 0.29) is 30.2 Å². The van der Waals surface area contributed by atoms with Gasteiger partial charge in [0.15, 0.2) is 0 Å². The van der Waals surface area contributed by atoms with Gasteiger partial charge < -0.3 is 15.4 Å². The van der Waals surface area contributed by atoms with Crippen LogP contribution in [0.25, 0.3) is 0 Å². The monoisotopic (exact) mass is 400 g/mol. The van der Waals surface area contributed by atoms with Gasteiger partial charge in [-0.25, -0.2) is 0 Å². The highest BCUT2D eigenvalue weighted by Gasteiger charge is 2.18. The van der Waals surface area contributed by atoms with E-state index in [1.807, 2.05) is 62.9 Å². The number of carbonyl (C=O) groups is 2. The van der Waals surface area contributed by atoms with Crippen molar-refractivity contribution in [2.24, 2.45) is 17.6 Å². The van der Waals surface area contributed by atoms with Crippen LogP contribution in [0.2, 0.25) is 0 Å². The van der Waals surface area contributed by atoms with Crippen molar-refractivity contribution in [3.63, 3.8) is 0 Å². The summed E-state index contributed by atoms with van der Waals surface area (Å²) in [4.78, 5) is 24.6. The summed E-state index contributed by atoms with van der Waals surface area (Å²) in [5.74, 6) is 0.523. The van der Waals surface area contributed by atoms with Crippen molar-refractivity contribution < 1.29 is 14.3 Å². The first kappa shape index (κ1) is 27.6. The molecule has 0 aromatic heterocycles. The Morgan fingerprint density at radius 3 is 1.96 bits per heavy atom. The fourth-order valence-corrected chi connectivity index (χ4v) is 2.15. The van der Waals surface area contributed by atoms with Gasteiger partial charge >= 0.3 is 5.97 Å². The Hall–Kier alpha value is -1.59. The molecule has 2 N–H and O–H groups in total. The molecule has 1 unspecified atom stereocenters. The zero-order chi connectivity index (χ0) is 20.1. The smallest absolute Gasteiger partial charge is 0.323 e. The molecule has 1 aromatic carbocycles. The second-order valence-electron chi connectivity index (χ2n) is 7.03. The molecule has 6 heteroatoms. The fourth-order valence-electron chi connectivity index (χ4n) is 2.15. The number of hydrogen-bond acceptors (Lipinski definition) is 4. The van der Waals surface area contributed by atoms with Crippen LogP contribution in [0.15, 0.2) is 30.3 Å². The molecule has 1 amide bonds. The third kappa shape index (κ3) is 12.4. The van der Waals surface area contributed by atoms with Crippen LogP contribution in [-0.2, 0) is 20.9 Å². The number of amides is 1. The summed E-state index contributed by atoms with van der Waals surface area (Å²) in [7, 11) is 0. The molecule has 0 saturated heterocycles. The first-order valence-corrected chi connectivity index (χ1v) is 9.46. The maximum atomic E-state index is 11.4. The van der Waals surface area contributed by atoms with Crippen LogP contribution in [-0.4, -0.2) is 35.9 Å². The van der Waals surface area contributed by atoms with E-state index < -0.39 is 6.04 Å². The number of ether oxygens (including phenoxy) is 1. The third-order valence-corrected chi connectivity index (χ3v) is 3.91. The van der Waals surface area contributed by atoms with Crippen LogP contribution >= 0.6 is 12.4 Å². The lowest BCUT2D eigenvalue weighted by Crippen LogP contribution is -2.36. The van der Waals surface area contributed by atoms with Crippen molar-refractivity contribution in [3.05, 3.63) is 35.9 Å². The molecule has 1 atom stereocenters. The van der Waals surface area contributed by atoms with Crippen molar-refractivity contribution in [2.75, 3.05) is 13.1 Å². The molecule has 0 fully saturated rings. The highest BCUT2D eigenvalue weighted by Crippen LogP contribution is 2.05. The highest BCUT2D eigenvalue weighted by atomic mass is 35.5. The van der Waals surface area contributed by atoms with E-state index in [9.17, 15) is 9.59 Å². The lowest BCUT2D eigenvalue weighted by Gasteiger charge is -2.19. The van der Waals surface area contributed by atoms with Crippen LogP contribution in [0, 0.1) is 11.8 Å². The molecule has 1 rings (SSSR count). The van der Waals surface area contributed by atoms with Crippen molar-refractivity contribution in [1.82, 2.24) is 4.90 Å². The standard InChI is InChI=1S/C12H17NO2.C9H19NO.ClH/c1-9(2)11(13)12(14)15-8-10-6-4-3-5-7-10;1-5-10(6-2)9(11)7-8(3)4;/h3-7,9,11H,8,13H2,1-2H3;8H,5-7H2,1-4H3;1H. The number of halogens is 1. The predicted molar refractivity (Wildman–Crippen MR) is 114 cm³/mol. The number of esters is 1. The summed E-state index contributed by atoms with van der Waals surface area (Å²) in [6.07, 6.45) is 0.682. The second-order valence-corrected chi connectivity index (χ2v) is 7.03. The lowest BCUT2D eigenvalue weighted by molar-refractivity contribution is -0.147. The van der Waals surface area contributed by atoms with Gasteiger partial charge in [0.1, 0.15) is 12.6 Å². The van der Waals surface area contributed by atoms with Gasteiger partial charge in [-0.15, -0.1) is 12.4 Å². The minimum absolute atomic E-state index is 0. The average molecular weight is 401 g/mol. The molecule has 5 nitrogen and oxygen atoms in total. The van der Waals surface area contributed by atoms with E-state index in [0.717, 1.165) is 18.7 Å². The van der Waals surface area contributed by atoms with Crippen LogP contribution in [0.1, 0.15) is 53.5 Å². The Labute approximate surface area is 171 Å². The van der Waals surface area contributed by atoms with E-state index >= 15 is 0 Å². The molecule has 0 saturated carbocycles. The molecular weight excluding hydrogens is 364 g/mol. The molecule has 0 heterocycles. The molecular formula is C21H37ClN2O3. The number of benzene rings is 1. The van der Waals surface area contributed by atoms with Gasteiger partial charge in [-0.05, 0) is 31.2 Å². The predicted octanol–water partition coefficient (Wildman–Crippen LogP) is 4.04. The molecule has 156 valence electrons. The average Bonchev–Trinajstić information content (AvgIpc) is 2.60. The van der Waals surface area contributed by atoms with E-state index in [4.69, 9.17) is 10.5 Å². The Morgan fingerprint density at radius 2 is 1.56 bits per heavy atom. The molecule has 0 radical (unpaired) electrons. The Kier molecular flexibility index (Phi) is 15.8. The van der Waals surface area contributed by atoms with Gasteiger partial charge in [-0.2, -0.15) is 0 Å². The summed E-state index contributed by atoms with van der Waals surface area (Å²) < 4.78 is 5.09. The first-order chi connectivity index (χ1) is 12.2. The van der Waals surface area contributed by atoms with Gasteiger partial charge in [-0.3, -0.25) is 9.59 Å². The summed E-state index contributed by atoms with van der Waals surface area (Å²) in [5.41, 5.74) is 6.62. The molecule has 0 aliphatic heterocycles. The number of nitrogens with two attached hydrogens (primary N) is 1. The maximum absolute atomic E-state index is 11.4. The highest BCUT2D eigenvalue weighted by molar-refractivity contribution is 5.85. The third-order valence-electron chi connectivity index (χ3n) is 3.91. The van der Waals surface area contributed by atoms with Crippen LogP contribution < -0.4 is 5.73 Å². The minimum Gasteiger partial charge on any atom is -0.460 e. The summed E-state index contributed by atoms with van der Waals surface area (Å²) in [6, 6.07) is 9.03. The maximum Gasteiger partial charge on any atom is 0.323 e. The minimum atomic E-state index is -0.534. The zero-order valence-electron chi connectivity index (χ0n) is 17.6. The zero-order valence-corrected chi connectivity index (χ0v) is 18.4. The number of hydrogen-bond donors (Lipinski definition) is 1. The van der Waals surface area contributed by atoms with Gasteiger partial charge in [0, 0.05) is 19.5 Å². The largest absolute Gasteiger partial charge is 0.460 e. The molecule has 0 spiro atoms. The Morgan fingerprint density at radius 1 is 1.04 bits per heavy atom. The Bertz CT molecular complexity index is 517. The van der Waals surface area contributed by atoms with Crippen LogP contribution in [0.4, 0.5) is 0 Å². The second kappa shape index (κ2) is 15.5. The van der Waals surface area contributed by atoms with E-state index in [1.54, 1.807) is 0 Å². The SMILES string of the molecule is CC(C)C(N)C(=O)OCc1ccccc1.CCN(CC)C(=O)CC(C)C.Cl. The van der Waals surface area contributed by atoms with Gasteiger partial charge in [0.25, 0.3) is 0 Å². The van der Waals surface area contributed by atoms with Crippen LogP contribution in [0.3, 0.4) is 0 Å². The van der Waals surface area contributed by atoms with Crippen molar-refractivity contribution in [3.8, 4) is 0 Å². The van der Waals surface area contributed by atoms with E-state index in [2.05, 4.69) is 13.8 Å².